The first-order valence-corrected chi connectivity index (χ1v) is 12.1. The first-order valence-electron chi connectivity index (χ1n) is 10.3. The summed E-state index contributed by atoms with van der Waals surface area (Å²) in [7, 11) is -0.670. The molecule has 0 unspecified atom stereocenters. The molecule has 0 spiro atoms. The SMILES string of the molecule is COCCNC(=O)[C@@H](Cc1ccccc1)N(Cc1ccccc1)C(=O)CN(C)S(C)(=O)=O. The molecule has 0 aliphatic heterocycles. The molecule has 1 atom stereocenters. The maximum Gasteiger partial charge on any atom is 0.243 e. The van der Waals surface area contributed by atoms with Crippen LogP contribution in [-0.2, 0) is 37.3 Å². The van der Waals surface area contributed by atoms with Crippen LogP contribution in [0.25, 0.3) is 0 Å². The summed E-state index contributed by atoms with van der Waals surface area (Å²) in [5, 5.41) is 2.82. The molecule has 0 aliphatic carbocycles. The van der Waals surface area contributed by atoms with Crippen LogP contribution in [0.15, 0.2) is 60.7 Å². The summed E-state index contributed by atoms with van der Waals surface area (Å²) in [5.74, 6) is -0.776. The van der Waals surface area contributed by atoms with Crippen molar-refractivity contribution in [2.75, 3.05) is 40.1 Å². The molecule has 32 heavy (non-hydrogen) atoms. The third-order valence-corrected chi connectivity index (χ3v) is 6.26. The second-order valence-corrected chi connectivity index (χ2v) is 9.61. The summed E-state index contributed by atoms with van der Waals surface area (Å²) in [6, 6.07) is 17.9. The molecule has 0 saturated carbocycles. The van der Waals surface area contributed by atoms with Crippen LogP contribution in [0.2, 0.25) is 0 Å². The van der Waals surface area contributed by atoms with Crippen molar-refractivity contribution in [1.82, 2.24) is 14.5 Å². The first kappa shape index (κ1) is 25.5. The van der Waals surface area contributed by atoms with Crippen molar-refractivity contribution in [1.29, 1.82) is 0 Å². The van der Waals surface area contributed by atoms with E-state index in [2.05, 4.69) is 5.32 Å². The van der Waals surface area contributed by atoms with Crippen molar-refractivity contribution in [3.05, 3.63) is 71.8 Å². The molecule has 2 aromatic carbocycles. The van der Waals surface area contributed by atoms with Gasteiger partial charge in [0.1, 0.15) is 6.04 Å². The number of likely N-dealkylation sites (N-methyl/N-ethyl adjacent to an activating group) is 1. The Hall–Kier alpha value is -2.75. The van der Waals surface area contributed by atoms with Crippen LogP contribution >= 0.6 is 0 Å². The highest BCUT2D eigenvalue weighted by Crippen LogP contribution is 2.15. The van der Waals surface area contributed by atoms with Crippen LogP contribution in [0.3, 0.4) is 0 Å². The van der Waals surface area contributed by atoms with Gasteiger partial charge >= 0.3 is 0 Å². The van der Waals surface area contributed by atoms with E-state index in [-0.39, 0.29) is 19.0 Å². The second kappa shape index (κ2) is 12.3. The van der Waals surface area contributed by atoms with Gasteiger partial charge in [-0.15, -0.1) is 0 Å². The van der Waals surface area contributed by atoms with Crippen molar-refractivity contribution >= 4 is 21.8 Å². The number of amides is 2. The normalized spacial score (nSPS) is 12.4. The van der Waals surface area contributed by atoms with Crippen molar-refractivity contribution in [2.45, 2.75) is 19.0 Å². The number of carbonyl (C=O) groups excluding carboxylic acids is 2. The Morgan fingerprint density at radius 1 is 1.00 bits per heavy atom. The Morgan fingerprint density at radius 3 is 2.09 bits per heavy atom. The number of benzene rings is 2. The van der Waals surface area contributed by atoms with E-state index in [0.29, 0.717) is 19.6 Å². The number of nitrogens with one attached hydrogen (secondary N) is 1. The van der Waals surface area contributed by atoms with Crippen LogP contribution in [0.5, 0.6) is 0 Å². The molecule has 0 aliphatic rings. The van der Waals surface area contributed by atoms with E-state index in [1.165, 1.54) is 11.9 Å². The maximum absolute atomic E-state index is 13.3. The van der Waals surface area contributed by atoms with Gasteiger partial charge in [0, 0.05) is 33.7 Å². The lowest BCUT2D eigenvalue weighted by atomic mass is 10.0. The zero-order chi connectivity index (χ0) is 23.6. The van der Waals surface area contributed by atoms with E-state index in [0.717, 1.165) is 21.7 Å². The van der Waals surface area contributed by atoms with Gasteiger partial charge in [0.2, 0.25) is 21.8 Å². The molecule has 0 aromatic heterocycles. The molecule has 0 bridgehead atoms. The fourth-order valence-electron chi connectivity index (χ4n) is 3.13. The molecule has 0 radical (unpaired) electrons. The molecular formula is C23H31N3O5S. The number of hydrogen-bond donors (Lipinski definition) is 1. The summed E-state index contributed by atoms with van der Waals surface area (Å²) in [4.78, 5) is 27.9. The minimum atomic E-state index is -3.56. The van der Waals surface area contributed by atoms with Gasteiger partial charge in [0.25, 0.3) is 0 Å². The van der Waals surface area contributed by atoms with Gasteiger partial charge in [0.05, 0.1) is 19.4 Å². The average Bonchev–Trinajstić information content (AvgIpc) is 2.77. The Bertz CT molecular complexity index is 968. The Kier molecular flexibility index (Phi) is 9.83. The van der Waals surface area contributed by atoms with Crippen LogP contribution in [0.1, 0.15) is 11.1 Å². The summed E-state index contributed by atoms with van der Waals surface area (Å²) >= 11 is 0. The predicted molar refractivity (Wildman–Crippen MR) is 123 cm³/mol. The third-order valence-electron chi connectivity index (χ3n) is 5.00. The highest BCUT2D eigenvalue weighted by Gasteiger charge is 2.31. The van der Waals surface area contributed by atoms with Crippen LogP contribution < -0.4 is 5.32 Å². The van der Waals surface area contributed by atoms with E-state index in [9.17, 15) is 18.0 Å². The lowest BCUT2D eigenvalue weighted by Gasteiger charge is -2.32. The van der Waals surface area contributed by atoms with Gasteiger partial charge in [-0.2, -0.15) is 4.31 Å². The van der Waals surface area contributed by atoms with E-state index < -0.39 is 22.0 Å². The number of rotatable bonds is 12. The Morgan fingerprint density at radius 2 is 1.56 bits per heavy atom. The molecule has 8 nitrogen and oxygen atoms in total. The molecule has 0 fully saturated rings. The number of sulfonamides is 1. The summed E-state index contributed by atoms with van der Waals surface area (Å²) in [6.07, 6.45) is 1.33. The minimum absolute atomic E-state index is 0.173. The number of ether oxygens (including phenoxy) is 1. The molecule has 2 rings (SSSR count). The maximum atomic E-state index is 13.3. The van der Waals surface area contributed by atoms with Gasteiger partial charge in [-0.05, 0) is 11.1 Å². The number of carbonyl (C=O) groups is 2. The standard InChI is InChI=1S/C23H31N3O5S/c1-25(32(3,29)30)18-22(27)26(17-20-12-8-5-9-13-20)21(23(28)24-14-15-31-2)16-19-10-6-4-7-11-19/h4-13,21H,14-18H2,1-3H3,(H,24,28)/t21-/m1/s1. The van der Waals surface area contributed by atoms with Crippen LogP contribution in [0.4, 0.5) is 0 Å². The molecule has 0 heterocycles. The van der Waals surface area contributed by atoms with Crippen molar-refractivity contribution in [2.24, 2.45) is 0 Å². The largest absolute Gasteiger partial charge is 0.383 e. The van der Waals surface area contributed by atoms with E-state index in [4.69, 9.17) is 4.74 Å². The smallest absolute Gasteiger partial charge is 0.243 e. The van der Waals surface area contributed by atoms with Crippen molar-refractivity contribution < 1.29 is 22.7 Å². The van der Waals surface area contributed by atoms with Crippen LogP contribution in [-0.4, -0.2) is 75.6 Å². The fourth-order valence-corrected chi connectivity index (χ4v) is 3.47. The molecule has 2 amide bonds. The summed E-state index contributed by atoms with van der Waals surface area (Å²) in [6.45, 7) is 0.458. The van der Waals surface area contributed by atoms with Crippen molar-refractivity contribution in [3.8, 4) is 0 Å². The van der Waals surface area contributed by atoms with Gasteiger partial charge < -0.3 is 15.0 Å². The number of nitrogens with zero attached hydrogens (tertiary/aromatic N) is 2. The van der Waals surface area contributed by atoms with Gasteiger partial charge in [-0.25, -0.2) is 8.42 Å². The van der Waals surface area contributed by atoms with E-state index in [1.807, 2.05) is 60.7 Å². The number of hydrogen-bond acceptors (Lipinski definition) is 5. The molecule has 1 N–H and O–H groups in total. The number of methoxy groups -OCH3 is 1. The molecule has 2 aromatic rings. The minimum Gasteiger partial charge on any atom is -0.383 e. The van der Waals surface area contributed by atoms with E-state index in [1.54, 1.807) is 7.11 Å². The van der Waals surface area contributed by atoms with E-state index >= 15 is 0 Å². The quantitative estimate of drug-likeness (QED) is 0.481. The molecule has 9 heteroatoms. The highest BCUT2D eigenvalue weighted by molar-refractivity contribution is 7.88. The first-order chi connectivity index (χ1) is 15.2. The Labute approximate surface area is 190 Å². The molecular weight excluding hydrogens is 430 g/mol. The van der Waals surface area contributed by atoms with Gasteiger partial charge in [0.15, 0.2) is 0 Å². The average molecular weight is 462 g/mol. The molecule has 174 valence electrons. The predicted octanol–water partition coefficient (Wildman–Crippen LogP) is 1.28. The fraction of sp³-hybridized carbons (Fsp3) is 0.391. The Balaban J connectivity index is 2.38. The third kappa shape index (κ3) is 8.07. The second-order valence-electron chi connectivity index (χ2n) is 7.52. The zero-order valence-electron chi connectivity index (χ0n) is 18.7. The lowest BCUT2D eigenvalue weighted by molar-refractivity contribution is -0.141. The van der Waals surface area contributed by atoms with Crippen molar-refractivity contribution in [3.63, 3.8) is 0 Å². The lowest BCUT2D eigenvalue weighted by Crippen LogP contribution is -2.53. The van der Waals surface area contributed by atoms with Crippen LogP contribution in [0, 0.1) is 0 Å². The summed E-state index contributed by atoms with van der Waals surface area (Å²) < 4.78 is 29.8. The molecule has 0 saturated heterocycles. The van der Waals surface area contributed by atoms with Gasteiger partial charge in [-0.1, -0.05) is 60.7 Å². The zero-order valence-corrected chi connectivity index (χ0v) is 19.5. The highest BCUT2D eigenvalue weighted by atomic mass is 32.2. The van der Waals surface area contributed by atoms with Gasteiger partial charge in [-0.3, -0.25) is 9.59 Å². The monoisotopic (exact) mass is 461 g/mol. The topological polar surface area (TPSA) is 96.0 Å². The summed E-state index contributed by atoms with van der Waals surface area (Å²) in [5.41, 5.74) is 1.73.